The zero-order chi connectivity index (χ0) is 18.9. The quantitative estimate of drug-likeness (QED) is 0.709. The van der Waals surface area contributed by atoms with Crippen molar-refractivity contribution in [1.29, 1.82) is 0 Å². The van der Waals surface area contributed by atoms with Crippen LogP contribution in [0.5, 0.6) is 11.5 Å². The minimum Gasteiger partial charge on any atom is -0.497 e. The molecule has 6 nitrogen and oxygen atoms in total. The number of benzene rings is 2. The zero-order valence-electron chi connectivity index (χ0n) is 14.7. The molecule has 0 radical (unpaired) electrons. The summed E-state index contributed by atoms with van der Waals surface area (Å²) in [7, 11) is 3.13. The van der Waals surface area contributed by atoms with Crippen LogP contribution < -0.4 is 14.8 Å². The standard InChI is InChI=1S/C20H21NO5/c1-25-17-9-10-18(26-2)15(13-17)6-11-19(22)21-16-7-3-14(4-8-16)5-12-20(23)24/h3-4,6-11,13H,5,12H2,1-2H3,(H,21,22)(H,23,24)/b11-6+. The number of amides is 1. The van der Waals surface area contributed by atoms with Gasteiger partial charge in [-0.25, -0.2) is 0 Å². The summed E-state index contributed by atoms with van der Waals surface area (Å²) < 4.78 is 10.4. The summed E-state index contributed by atoms with van der Waals surface area (Å²) in [5.41, 5.74) is 2.27. The molecule has 2 aromatic rings. The molecule has 6 heteroatoms. The maximum atomic E-state index is 12.1. The number of anilines is 1. The van der Waals surface area contributed by atoms with E-state index in [2.05, 4.69) is 5.32 Å². The van der Waals surface area contributed by atoms with Gasteiger partial charge in [-0.15, -0.1) is 0 Å². The molecule has 26 heavy (non-hydrogen) atoms. The third-order valence-electron chi connectivity index (χ3n) is 3.70. The van der Waals surface area contributed by atoms with Crippen molar-refractivity contribution in [1.82, 2.24) is 0 Å². The Hall–Kier alpha value is -3.28. The van der Waals surface area contributed by atoms with Gasteiger partial charge in [0.2, 0.25) is 5.91 Å². The number of rotatable bonds is 8. The molecule has 136 valence electrons. The molecule has 0 aliphatic carbocycles. The fourth-order valence-corrected chi connectivity index (χ4v) is 2.33. The number of ether oxygens (including phenoxy) is 2. The van der Waals surface area contributed by atoms with E-state index >= 15 is 0 Å². The van der Waals surface area contributed by atoms with Crippen molar-refractivity contribution in [3.63, 3.8) is 0 Å². The van der Waals surface area contributed by atoms with Gasteiger partial charge in [-0.05, 0) is 48.4 Å². The Bertz CT molecular complexity index is 796. The predicted octanol–water partition coefficient (Wildman–Crippen LogP) is 3.37. The lowest BCUT2D eigenvalue weighted by atomic mass is 10.1. The van der Waals surface area contributed by atoms with E-state index in [0.29, 0.717) is 23.6 Å². The SMILES string of the molecule is COc1ccc(OC)c(/C=C/C(=O)Nc2ccc(CCC(=O)O)cc2)c1. The Morgan fingerprint density at radius 2 is 1.81 bits per heavy atom. The molecule has 2 rings (SSSR count). The third kappa shape index (κ3) is 5.66. The molecule has 0 heterocycles. The van der Waals surface area contributed by atoms with Crippen LogP contribution in [0.4, 0.5) is 5.69 Å². The van der Waals surface area contributed by atoms with Crippen molar-refractivity contribution in [2.24, 2.45) is 0 Å². The van der Waals surface area contributed by atoms with Gasteiger partial charge >= 0.3 is 5.97 Å². The summed E-state index contributed by atoms with van der Waals surface area (Å²) in [5, 5.41) is 11.4. The number of nitrogens with one attached hydrogen (secondary N) is 1. The number of carboxylic acid groups (broad SMARTS) is 1. The molecule has 0 spiro atoms. The minimum atomic E-state index is -0.833. The summed E-state index contributed by atoms with van der Waals surface area (Å²) in [6.45, 7) is 0. The van der Waals surface area contributed by atoms with Crippen molar-refractivity contribution in [2.75, 3.05) is 19.5 Å². The van der Waals surface area contributed by atoms with Crippen molar-refractivity contribution in [2.45, 2.75) is 12.8 Å². The molecule has 0 atom stereocenters. The monoisotopic (exact) mass is 355 g/mol. The molecule has 2 aromatic carbocycles. The van der Waals surface area contributed by atoms with E-state index < -0.39 is 5.97 Å². The molecule has 0 bridgehead atoms. The Morgan fingerprint density at radius 1 is 1.08 bits per heavy atom. The smallest absolute Gasteiger partial charge is 0.303 e. The number of hydrogen-bond donors (Lipinski definition) is 2. The molecule has 0 aliphatic rings. The molecule has 0 saturated carbocycles. The van der Waals surface area contributed by atoms with Crippen molar-refractivity contribution in [3.8, 4) is 11.5 Å². The number of carbonyl (C=O) groups is 2. The van der Waals surface area contributed by atoms with Crippen LogP contribution >= 0.6 is 0 Å². The highest BCUT2D eigenvalue weighted by Crippen LogP contribution is 2.25. The van der Waals surface area contributed by atoms with E-state index in [4.69, 9.17) is 14.6 Å². The number of carbonyl (C=O) groups excluding carboxylic acids is 1. The first-order chi connectivity index (χ1) is 12.5. The zero-order valence-corrected chi connectivity index (χ0v) is 14.7. The van der Waals surface area contributed by atoms with E-state index in [9.17, 15) is 9.59 Å². The molecule has 0 aliphatic heterocycles. The molecule has 2 N–H and O–H groups in total. The first-order valence-electron chi connectivity index (χ1n) is 8.03. The highest BCUT2D eigenvalue weighted by molar-refractivity contribution is 6.02. The molecule has 0 aromatic heterocycles. The second-order valence-corrected chi connectivity index (χ2v) is 5.52. The van der Waals surface area contributed by atoms with Gasteiger partial charge in [0.1, 0.15) is 11.5 Å². The number of aryl methyl sites for hydroxylation is 1. The summed E-state index contributed by atoms with van der Waals surface area (Å²) >= 11 is 0. The highest BCUT2D eigenvalue weighted by Gasteiger charge is 2.04. The average Bonchev–Trinajstić information content (AvgIpc) is 2.65. The van der Waals surface area contributed by atoms with Crippen molar-refractivity contribution < 1.29 is 24.2 Å². The van der Waals surface area contributed by atoms with E-state index in [1.54, 1.807) is 62.8 Å². The molecule has 0 unspecified atom stereocenters. The van der Waals surface area contributed by atoms with Crippen LogP contribution in [0, 0.1) is 0 Å². The van der Waals surface area contributed by atoms with Gasteiger partial charge in [-0.3, -0.25) is 9.59 Å². The van der Waals surface area contributed by atoms with E-state index in [0.717, 1.165) is 11.1 Å². The van der Waals surface area contributed by atoms with Crippen LogP contribution in [0.15, 0.2) is 48.5 Å². The van der Waals surface area contributed by atoms with E-state index in [-0.39, 0.29) is 12.3 Å². The lowest BCUT2D eigenvalue weighted by molar-refractivity contribution is -0.137. The molecule has 1 amide bonds. The highest BCUT2D eigenvalue weighted by atomic mass is 16.5. The number of carboxylic acids is 1. The second-order valence-electron chi connectivity index (χ2n) is 5.52. The fraction of sp³-hybridized carbons (Fsp3) is 0.200. The lowest BCUT2D eigenvalue weighted by Gasteiger charge is -2.07. The van der Waals surface area contributed by atoms with Crippen LogP contribution in [0.3, 0.4) is 0 Å². The Labute approximate surface area is 152 Å². The van der Waals surface area contributed by atoms with Crippen LogP contribution in [0.1, 0.15) is 17.5 Å². The van der Waals surface area contributed by atoms with E-state index in [1.807, 2.05) is 0 Å². The van der Waals surface area contributed by atoms with Gasteiger partial charge < -0.3 is 19.9 Å². The lowest BCUT2D eigenvalue weighted by Crippen LogP contribution is -2.07. The largest absolute Gasteiger partial charge is 0.497 e. The van der Waals surface area contributed by atoms with Gasteiger partial charge in [0, 0.05) is 23.7 Å². The Balaban J connectivity index is 2.00. The van der Waals surface area contributed by atoms with Crippen molar-refractivity contribution in [3.05, 3.63) is 59.7 Å². The molecular weight excluding hydrogens is 334 g/mol. The van der Waals surface area contributed by atoms with Crippen LogP contribution in [0.2, 0.25) is 0 Å². The van der Waals surface area contributed by atoms with Gasteiger partial charge in [0.15, 0.2) is 0 Å². The summed E-state index contributed by atoms with van der Waals surface area (Å²) in [6, 6.07) is 12.4. The van der Waals surface area contributed by atoms with Crippen LogP contribution in [-0.2, 0) is 16.0 Å². The predicted molar refractivity (Wildman–Crippen MR) is 99.6 cm³/mol. The number of aliphatic carboxylic acids is 1. The number of methoxy groups -OCH3 is 2. The van der Waals surface area contributed by atoms with Crippen LogP contribution in [0.25, 0.3) is 6.08 Å². The average molecular weight is 355 g/mol. The van der Waals surface area contributed by atoms with Gasteiger partial charge in [0.05, 0.1) is 14.2 Å². The van der Waals surface area contributed by atoms with Gasteiger partial charge in [-0.2, -0.15) is 0 Å². The molecule has 0 fully saturated rings. The number of hydrogen-bond acceptors (Lipinski definition) is 4. The maximum absolute atomic E-state index is 12.1. The third-order valence-corrected chi connectivity index (χ3v) is 3.70. The molecular formula is C20H21NO5. The first-order valence-corrected chi connectivity index (χ1v) is 8.03. The summed E-state index contributed by atoms with van der Waals surface area (Å²) in [4.78, 5) is 22.7. The van der Waals surface area contributed by atoms with Gasteiger partial charge in [0.25, 0.3) is 0 Å². The summed E-state index contributed by atoms with van der Waals surface area (Å²) in [6.07, 6.45) is 3.60. The van der Waals surface area contributed by atoms with Crippen LogP contribution in [-0.4, -0.2) is 31.2 Å². The maximum Gasteiger partial charge on any atom is 0.303 e. The minimum absolute atomic E-state index is 0.0802. The first kappa shape index (κ1) is 19.1. The molecule has 0 saturated heterocycles. The Morgan fingerprint density at radius 3 is 2.42 bits per heavy atom. The second kappa shape index (κ2) is 9.27. The normalized spacial score (nSPS) is 10.5. The van der Waals surface area contributed by atoms with Crippen molar-refractivity contribution >= 4 is 23.6 Å². The Kier molecular flexibility index (Phi) is 6.79. The van der Waals surface area contributed by atoms with Gasteiger partial charge in [-0.1, -0.05) is 12.1 Å². The van der Waals surface area contributed by atoms with E-state index in [1.165, 1.54) is 6.08 Å². The summed E-state index contributed by atoms with van der Waals surface area (Å²) in [5.74, 6) is 0.189. The topological polar surface area (TPSA) is 84.9 Å². The fourth-order valence-electron chi connectivity index (χ4n) is 2.33.